The highest BCUT2D eigenvalue weighted by Gasteiger charge is 2.27. The maximum absolute atomic E-state index is 14.1. The molecule has 228 valence electrons. The Morgan fingerprint density at radius 2 is 1.49 bits per heavy atom. The Labute approximate surface area is 252 Å². The molecule has 1 heterocycles. The van der Waals surface area contributed by atoms with Gasteiger partial charge in [-0.3, -0.25) is 4.79 Å². The van der Waals surface area contributed by atoms with E-state index in [1.54, 1.807) is 12.1 Å². The molecule has 7 nitrogen and oxygen atoms in total. The topological polar surface area (TPSA) is 115 Å². The molecule has 4 aromatic rings. The summed E-state index contributed by atoms with van der Waals surface area (Å²) in [5.41, 5.74) is 7.77. The number of hydrogen-bond acceptors (Lipinski definition) is 5. The second-order valence-electron chi connectivity index (χ2n) is 11.2. The van der Waals surface area contributed by atoms with E-state index in [0.717, 1.165) is 44.8 Å². The minimum atomic E-state index is -1.13. The van der Waals surface area contributed by atoms with Gasteiger partial charge in [0, 0.05) is 41.6 Å². The number of carboxylic acid groups (broad SMARTS) is 1. The van der Waals surface area contributed by atoms with Crippen LogP contribution in [-0.4, -0.2) is 43.2 Å². The lowest BCUT2D eigenvalue weighted by Gasteiger charge is -2.20. The minimum absolute atomic E-state index is 0.0221. The van der Waals surface area contributed by atoms with Crippen molar-refractivity contribution in [1.82, 2.24) is 9.88 Å². The lowest BCUT2D eigenvalue weighted by atomic mass is 9.93. The van der Waals surface area contributed by atoms with Crippen LogP contribution in [0.3, 0.4) is 0 Å². The van der Waals surface area contributed by atoms with Crippen LogP contribution in [0.15, 0.2) is 78.9 Å². The van der Waals surface area contributed by atoms with Crippen molar-refractivity contribution >= 4 is 5.97 Å². The zero-order chi connectivity index (χ0) is 30.9. The van der Waals surface area contributed by atoms with E-state index in [4.69, 9.17) is 5.11 Å². The quantitative estimate of drug-likeness (QED) is 0.119. The van der Waals surface area contributed by atoms with Gasteiger partial charge in [-0.05, 0) is 67.5 Å². The van der Waals surface area contributed by atoms with Gasteiger partial charge in [0.25, 0.3) is 0 Å². The summed E-state index contributed by atoms with van der Waals surface area (Å²) in [7, 11) is 0. The first-order valence-corrected chi connectivity index (χ1v) is 14.7. The highest BCUT2D eigenvalue weighted by atomic mass is 19.1. The number of nitrogens with one attached hydrogen (secondary N) is 1. The van der Waals surface area contributed by atoms with Crippen molar-refractivity contribution in [2.45, 2.75) is 77.5 Å². The molecule has 0 unspecified atom stereocenters. The Bertz CT molecular complexity index is 1480. The van der Waals surface area contributed by atoms with Crippen molar-refractivity contribution in [1.29, 1.82) is 0 Å². The second-order valence-corrected chi connectivity index (χ2v) is 11.2. The van der Waals surface area contributed by atoms with Crippen molar-refractivity contribution in [2.75, 3.05) is 0 Å². The maximum Gasteiger partial charge on any atom is 0.305 e. The van der Waals surface area contributed by atoms with Crippen LogP contribution in [0, 0.1) is 5.82 Å². The number of nitrogens with zero attached hydrogens (tertiary/aromatic N) is 1. The first-order chi connectivity index (χ1) is 20.7. The number of aromatic nitrogens is 1. The van der Waals surface area contributed by atoms with Crippen LogP contribution in [0.4, 0.5) is 4.39 Å². The average Bonchev–Trinajstić information content (AvgIpc) is 3.30. The number of benzene rings is 3. The minimum Gasteiger partial charge on any atom is -0.481 e. The number of hydrogen-bond donors (Lipinski definition) is 5. The van der Waals surface area contributed by atoms with Gasteiger partial charge in [0.2, 0.25) is 0 Å². The third-order valence-electron chi connectivity index (χ3n) is 7.58. The lowest BCUT2D eigenvalue weighted by molar-refractivity contribution is -0.139. The van der Waals surface area contributed by atoms with Crippen LogP contribution in [0.25, 0.3) is 22.3 Å². The summed E-state index contributed by atoms with van der Waals surface area (Å²) in [6.45, 7) is 5.31. The fraction of sp³-hybridized carbons (Fsp3) is 0.343. The van der Waals surface area contributed by atoms with Gasteiger partial charge in [-0.15, -0.1) is 0 Å². The number of carboxylic acids is 1. The van der Waals surface area contributed by atoms with Crippen molar-refractivity contribution in [3.8, 4) is 22.3 Å². The molecule has 43 heavy (non-hydrogen) atoms. The van der Waals surface area contributed by atoms with Crippen molar-refractivity contribution in [3.63, 3.8) is 0 Å². The Balaban J connectivity index is 1.79. The predicted octanol–water partition coefficient (Wildman–Crippen LogP) is 5.84. The highest BCUT2D eigenvalue weighted by Crippen LogP contribution is 2.42. The van der Waals surface area contributed by atoms with Crippen molar-refractivity contribution < 1.29 is 29.6 Å². The monoisotopic (exact) mass is 588 g/mol. The number of carbonyl (C=O) groups is 1. The normalized spacial score (nSPS) is 12.9. The Kier molecular flexibility index (Phi) is 11.3. The molecule has 0 bridgehead atoms. The Morgan fingerprint density at radius 1 is 0.837 bits per heavy atom. The van der Waals surface area contributed by atoms with Gasteiger partial charge in [0.15, 0.2) is 0 Å². The van der Waals surface area contributed by atoms with Gasteiger partial charge in [-0.1, -0.05) is 66.7 Å². The fourth-order valence-electron chi connectivity index (χ4n) is 5.76. The van der Waals surface area contributed by atoms with Crippen LogP contribution >= 0.6 is 0 Å². The fourth-order valence-corrected chi connectivity index (χ4v) is 5.76. The molecule has 4 rings (SSSR count). The van der Waals surface area contributed by atoms with Gasteiger partial charge in [-0.2, -0.15) is 0 Å². The summed E-state index contributed by atoms with van der Waals surface area (Å²) in [5.74, 6) is -1.44. The standard InChI is InChI=1S/C35H41FN2O5/c1-23(2)38-31(16-15-29(40)18-30(41)19-33(42)43)34(27-11-13-28(36)14-12-27)35(26-9-4-3-5-10-26)32(38)21-37-20-24-7-6-8-25(17-24)22-39/h3-14,17,23,29-30,37,39-41H,15-16,18-22H2,1-2H3,(H,42,43)/t29-,30-/m1/s1. The number of aliphatic hydroxyl groups excluding tert-OH is 3. The van der Waals surface area contributed by atoms with Gasteiger partial charge in [-0.25, -0.2) is 4.39 Å². The van der Waals surface area contributed by atoms with E-state index < -0.39 is 24.6 Å². The number of halogens is 1. The number of aliphatic hydroxyl groups is 3. The molecule has 0 spiro atoms. The molecule has 8 heteroatoms. The van der Waals surface area contributed by atoms with Gasteiger partial charge < -0.3 is 30.3 Å². The molecule has 3 aromatic carbocycles. The van der Waals surface area contributed by atoms with Crippen LogP contribution < -0.4 is 5.32 Å². The smallest absolute Gasteiger partial charge is 0.305 e. The Hall–Kier alpha value is -3.82. The second kappa shape index (κ2) is 15.1. The summed E-state index contributed by atoms with van der Waals surface area (Å²) in [4.78, 5) is 11.0. The van der Waals surface area contributed by atoms with E-state index in [0.29, 0.717) is 25.9 Å². The summed E-state index contributed by atoms with van der Waals surface area (Å²) in [5, 5.41) is 43.0. The van der Waals surface area contributed by atoms with Gasteiger partial charge >= 0.3 is 5.97 Å². The molecule has 0 saturated carbocycles. The molecule has 0 amide bonds. The van der Waals surface area contributed by atoms with E-state index >= 15 is 0 Å². The molecule has 0 saturated heterocycles. The largest absolute Gasteiger partial charge is 0.481 e. The summed E-state index contributed by atoms with van der Waals surface area (Å²) in [6, 6.07) is 24.4. The predicted molar refractivity (Wildman–Crippen MR) is 166 cm³/mol. The third kappa shape index (κ3) is 8.39. The van der Waals surface area contributed by atoms with E-state index in [1.165, 1.54) is 12.1 Å². The third-order valence-corrected chi connectivity index (χ3v) is 7.58. The molecule has 0 radical (unpaired) electrons. The van der Waals surface area contributed by atoms with E-state index in [2.05, 4.69) is 35.9 Å². The molecule has 0 aliphatic rings. The van der Waals surface area contributed by atoms with E-state index in [-0.39, 0.29) is 24.9 Å². The zero-order valence-corrected chi connectivity index (χ0v) is 24.7. The van der Waals surface area contributed by atoms with Crippen LogP contribution in [0.1, 0.15) is 61.7 Å². The van der Waals surface area contributed by atoms with Crippen molar-refractivity contribution in [3.05, 3.63) is 107 Å². The van der Waals surface area contributed by atoms with E-state index in [9.17, 15) is 24.5 Å². The molecule has 0 fully saturated rings. The van der Waals surface area contributed by atoms with Gasteiger partial charge in [0.1, 0.15) is 5.82 Å². The first-order valence-electron chi connectivity index (χ1n) is 14.7. The van der Waals surface area contributed by atoms with Gasteiger partial charge in [0.05, 0.1) is 25.2 Å². The molecule has 0 aliphatic carbocycles. The van der Waals surface area contributed by atoms with Crippen LogP contribution in [0.2, 0.25) is 0 Å². The van der Waals surface area contributed by atoms with Crippen LogP contribution in [-0.2, 0) is 30.9 Å². The molecule has 2 atom stereocenters. The molecular formula is C35H41FN2O5. The number of aliphatic carboxylic acids is 1. The maximum atomic E-state index is 14.1. The first kappa shape index (κ1) is 32.1. The zero-order valence-electron chi connectivity index (χ0n) is 24.7. The molecular weight excluding hydrogens is 547 g/mol. The SMILES string of the molecule is CC(C)n1c(CC[C@@H](O)C[C@@H](O)CC(=O)O)c(-c2ccc(F)cc2)c(-c2ccccc2)c1CNCc1cccc(CO)c1. The summed E-state index contributed by atoms with van der Waals surface area (Å²) >= 11 is 0. The molecule has 5 N–H and O–H groups in total. The molecule has 1 aromatic heterocycles. The average molecular weight is 589 g/mol. The van der Waals surface area contributed by atoms with Crippen molar-refractivity contribution in [2.24, 2.45) is 0 Å². The Morgan fingerprint density at radius 3 is 2.14 bits per heavy atom. The van der Waals surface area contributed by atoms with E-state index in [1.807, 2.05) is 42.5 Å². The summed E-state index contributed by atoms with van der Waals surface area (Å²) < 4.78 is 16.3. The number of rotatable bonds is 15. The van der Waals surface area contributed by atoms with Crippen LogP contribution in [0.5, 0.6) is 0 Å². The lowest BCUT2D eigenvalue weighted by Crippen LogP contribution is -2.22. The molecule has 0 aliphatic heterocycles. The highest BCUT2D eigenvalue weighted by molar-refractivity contribution is 5.88. The summed E-state index contributed by atoms with van der Waals surface area (Å²) in [6.07, 6.45) is -1.71.